The molecule has 0 aliphatic rings. The number of rotatable bonds is 2. The number of aryl methyl sites for hydroxylation is 1. The highest BCUT2D eigenvalue weighted by Gasteiger charge is 2.08. The second-order valence-electron chi connectivity index (χ2n) is 3.41. The Morgan fingerprint density at radius 1 is 1.20 bits per heavy atom. The number of nitrogens with one attached hydrogen (secondary N) is 1. The molecule has 0 aliphatic carbocycles. The van der Waals surface area contributed by atoms with Gasteiger partial charge >= 0.3 is 0 Å². The molecule has 0 aliphatic heterocycles. The van der Waals surface area contributed by atoms with E-state index in [1.165, 1.54) is 5.56 Å². The van der Waals surface area contributed by atoms with Crippen LogP contribution in [0.5, 0.6) is 0 Å². The maximum Gasteiger partial charge on any atom is 0.101 e. The summed E-state index contributed by atoms with van der Waals surface area (Å²) in [4.78, 5) is 2.98. The van der Waals surface area contributed by atoms with Crippen LogP contribution < -0.4 is 0 Å². The first-order valence-corrected chi connectivity index (χ1v) is 5.02. The number of aromatic nitrogens is 1. The summed E-state index contributed by atoms with van der Waals surface area (Å²) in [5.74, 6) is 0. The molecule has 2 aromatic rings. The Bertz CT molecular complexity index is 503. The van der Waals surface area contributed by atoms with Gasteiger partial charge in [-0.15, -0.1) is 0 Å². The number of nitrogens with zero attached hydrogens (tertiary/aromatic N) is 1. The Morgan fingerprint density at radius 3 is 2.73 bits per heavy atom. The molecule has 0 unspecified atom stereocenters. The van der Waals surface area contributed by atoms with Crippen molar-refractivity contribution in [2.24, 2.45) is 0 Å². The third-order valence-electron chi connectivity index (χ3n) is 2.55. The van der Waals surface area contributed by atoms with E-state index in [1.54, 1.807) is 6.20 Å². The minimum atomic E-state index is 0.705. The van der Waals surface area contributed by atoms with Gasteiger partial charge in [-0.05, 0) is 17.5 Å². The largest absolute Gasteiger partial charge is 0.366 e. The van der Waals surface area contributed by atoms with Crippen LogP contribution in [-0.2, 0) is 6.42 Å². The van der Waals surface area contributed by atoms with E-state index in [0.717, 1.165) is 17.5 Å². The molecular weight excluding hydrogens is 184 g/mol. The summed E-state index contributed by atoms with van der Waals surface area (Å²) in [5, 5.41) is 8.96. The van der Waals surface area contributed by atoms with E-state index >= 15 is 0 Å². The summed E-state index contributed by atoms with van der Waals surface area (Å²) in [6, 6.07) is 10.4. The molecule has 1 aromatic carbocycles. The van der Waals surface area contributed by atoms with Crippen LogP contribution in [0.2, 0.25) is 0 Å². The number of hydrogen-bond donors (Lipinski definition) is 1. The van der Waals surface area contributed by atoms with Gasteiger partial charge in [-0.3, -0.25) is 0 Å². The first-order valence-electron chi connectivity index (χ1n) is 5.02. The zero-order valence-corrected chi connectivity index (χ0v) is 8.62. The lowest BCUT2D eigenvalue weighted by Gasteiger charge is -2.05. The van der Waals surface area contributed by atoms with Crippen LogP contribution in [0.25, 0.3) is 11.1 Å². The summed E-state index contributed by atoms with van der Waals surface area (Å²) in [7, 11) is 0. The third kappa shape index (κ3) is 1.64. The van der Waals surface area contributed by atoms with Gasteiger partial charge in [0.25, 0.3) is 0 Å². The molecule has 1 heterocycles. The molecule has 2 heteroatoms. The van der Waals surface area contributed by atoms with E-state index in [0.29, 0.717) is 5.56 Å². The molecule has 2 nitrogen and oxygen atoms in total. The molecule has 0 spiro atoms. The molecule has 1 N–H and O–H groups in total. The van der Waals surface area contributed by atoms with Gasteiger partial charge in [0, 0.05) is 18.0 Å². The van der Waals surface area contributed by atoms with E-state index < -0.39 is 0 Å². The average Bonchev–Trinajstić information content (AvgIpc) is 2.76. The molecule has 74 valence electrons. The molecule has 0 fully saturated rings. The van der Waals surface area contributed by atoms with Gasteiger partial charge in [0.2, 0.25) is 0 Å². The van der Waals surface area contributed by atoms with Crippen LogP contribution >= 0.6 is 0 Å². The minimum Gasteiger partial charge on any atom is -0.366 e. The smallest absolute Gasteiger partial charge is 0.101 e. The second-order valence-corrected chi connectivity index (χ2v) is 3.41. The fourth-order valence-corrected chi connectivity index (χ4v) is 1.77. The van der Waals surface area contributed by atoms with Crippen molar-refractivity contribution >= 4 is 0 Å². The lowest BCUT2D eigenvalue weighted by molar-refractivity contribution is 1.14. The van der Waals surface area contributed by atoms with Crippen molar-refractivity contribution < 1.29 is 0 Å². The lowest BCUT2D eigenvalue weighted by Crippen LogP contribution is -1.87. The van der Waals surface area contributed by atoms with E-state index in [9.17, 15) is 0 Å². The average molecular weight is 196 g/mol. The fraction of sp³-hybridized carbons (Fsp3) is 0.154. The third-order valence-corrected chi connectivity index (χ3v) is 2.55. The van der Waals surface area contributed by atoms with Gasteiger partial charge < -0.3 is 4.98 Å². The van der Waals surface area contributed by atoms with E-state index in [-0.39, 0.29) is 0 Å². The van der Waals surface area contributed by atoms with Crippen molar-refractivity contribution in [2.45, 2.75) is 13.3 Å². The van der Waals surface area contributed by atoms with Crippen molar-refractivity contribution in [1.82, 2.24) is 4.98 Å². The Kier molecular flexibility index (Phi) is 2.55. The summed E-state index contributed by atoms with van der Waals surface area (Å²) < 4.78 is 0. The van der Waals surface area contributed by atoms with E-state index in [4.69, 9.17) is 5.26 Å². The van der Waals surface area contributed by atoms with Crippen molar-refractivity contribution in [3.8, 4) is 17.2 Å². The summed E-state index contributed by atoms with van der Waals surface area (Å²) in [6.07, 6.45) is 4.60. The first-order chi connectivity index (χ1) is 7.36. The first kappa shape index (κ1) is 9.54. The zero-order chi connectivity index (χ0) is 10.7. The van der Waals surface area contributed by atoms with E-state index in [2.05, 4.69) is 30.1 Å². The fourth-order valence-electron chi connectivity index (χ4n) is 1.77. The van der Waals surface area contributed by atoms with Gasteiger partial charge in [-0.2, -0.15) is 5.26 Å². The monoisotopic (exact) mass is 196 g/mol. The summed E-state index contributed by atoms with van der Waals surface area (Å²) in [5.41, 5.74) is 4.12. The molecule has 0 saturated heterocycles. The number of nitriles is 1. The van der Waals surface area contributed by atoms with Crippen LogP contribution in [0.4, 0.5) is 0 Å². The van der Waals surface area contributed by atoms with Gasteiger partial charge in [0.1, 0.15) is 6.07 Å². The van der Waals surface area contributed by atoms with Gasteiger partial charge in [-0.25, -0.2) is 0 Å². The standard InChI is InChI=1S/C13H12N2/c1-2-10-5-3-4-6-12(10)13-9-15-8-11(13)7-14/h3-6,8-9,15H,2H2,1H3. The predicted octanol–water partition coefficient (Wildman–Crippen LogP) is 3.12. The van der Waals surface area contributed by atoms with Gasteiger partial charge in [-0.1, -0.05) is 31.2 Å². The summed E-state index contributed by atoms with van der Waals surface area (Å²) in [6.45, 7) is 2.12. The molecule has 1 aromatic heterocycles. The maximum atomic E-state index is 8.96. The Morgan fingerprint density at radius 2 is 2.00 bits per heavy atom. The highest BCUT2D eigenvalue weighted by atomic mass is 14.6. The van der Waals surface area contributed by atoms with Crippen LogP contribution in [0.3, 0.4) is 0 Å². The summed E-state index contributed by atoms with van der Waals surface area (Å²) >= 11 is 0. The quantitative estimate of drug-likeness (QED) is 0.787. The Balaban J connectivity index is 2.59. The minimum absolute atomic E-state index is 0.705. The number of aromatic amines is 1. The van der Waals surface area contributed by atoms with Crippen molar-refractivity contribution in [2.75, 3.05) is 0 Å². The van der Waals surface area contributed by atoms with Crippen LogP contribution in [0.15, 0.2) is 36.7 Å². The number of hydrogen-bond acceptors (Lipinski definition) is 1. The molecule has 0 atom stereocenters. The number of benzene rings is 1. The van der Waals surface area contributed by atoms with Gasteiger partial charge in [0.05, 0.1) is 5.56 Å². The van der Waals surface area contributed by atoms with Gasteiger partial charge in [0.15, 0.2) is 0 Å². The molecule has 0 bridgehead atoms. The molecule has 0 saturated carbocycles. The second kappa shape index (κ2) is 4.02. The highest BCUT2D eigenvalue weighted by Crippen LogP contribution is 2.26. The maximum absolute atomic E-state index is 8.96. The van der Waals surface area contributed by atoms with Crippen LogP contribution in [0, 0.1) is 11.3 Å². The highest BCUT2D eigenvalue weighted by molar-refractivity contribution is 5.72. The Hall–Kier alpha value is -2.01. The van der Waals surface area contributed by atoms with Crippen LogP contribution in [-0.4, -0.2) is 4.98 Å². The van der Waals surface area contributed by atoms with Crippen molar-refractivity contribution in [1.29, 1.82) is 5.26 Å². The van der Waals surface area contributed by atoms with E-state index in [1.807, 2.05) is 18.3 Å². The zero-order valence-electron chi connectivity index (χ0n) is 8.62. The van der Waals surface area contributed by atoms with Crippen molar-refractivity contribution in [3.63, 3.8) is 0 Å². The normalized spacial score (nSPS) is 9.87. The molecule has 0 radical (unpaired) electrons. The molecule has 2 rings (SSSR count). The lowest BCUT2D eigenvalue weighted by atomic mass is 9.98. The Labute approximate surface area is 89.2 Å². The van der Waals surface area contributed by atoms with Crippen LogP contribution in [0.1, 0.15) is 18.1 Å². The predicted molar refractivity (Wildman–Crippen MR) is 60.3 cm³/mol. The SMILES string of the molecule is CCc1ccccc1-c1c[nH]cc1C#N. The molecule has 0 amide bonds. The molecule has 15 heavy (non-hydrogen) atoms. The number of H-pyrrole nitrogens is 1. The topological polar surface area (TPSA) is 39.6 Å². The molecular formula is C13H12N2. The van der Waals surface area contributed by atoms with Crippen molar-refractivity contribution in [3.05, 3.63) is 47.8 Å².